The molecule has 0 aromatic heterocycles. The molecule has 1 aliphatic heterocycles. The number of hydrogen-bond donors (Lipinski definition) is 3. The molecule has 0 unspecified atom stereocenters. The maximum atomic E-state index is 12.6. The summed E-state index contributed by atoms with van der Waals surface area (Å²) in [7, 11) is 1.66. The van der Waals surface area contributed by atoms with Gasteiger partial charge in [-0.1, -0.05) is 54.6 Å². The van der Waals surface area contributed by atoms with Crippen LogP contribution in [0.15, 0.2) is 60.7 Å². The maximum absolute atomic E-state index is 12.6. The highest BCUT2D eigenvalue weighted by atomic mass is 16.5. The molecule has 0 saturated carbocycles. The number of para-hydroxylation sites is 1. The molecule has 0 spiro atoms. The fraction of sp³-hybridized carbons (Fsp3) is 0.375. The second-order valence-electron chi connectivity index (χ2n) is 7.68. The molecule has 0 radical (unpaired) electrons. The van der Waals surface area contributed by atoms with Gasteiger partial charge in [0, 0.05) is 12.1 Å². The Morgan fingerprint density at radius 3 is 2.48 bits per heavy atom. The second kappa shape index (κ2) is 10.8. The number of quaternary nitrogens is 2. The molecule has 1 aliphatic rings. The number of methoxy groups -OCH3 is 1. The Labute approximate surface area is 174 Å². The highest BCUT2D eigenvalue weighted by Crippen LogP contribution is 2.16. The van der Waals surface area contributed by atoms with E-state index in [1.165, 1.54) is 10.5 Å². The Kier molecular flexibility index (Phi) is 7.85. The summed E-state index contributed by atoms with van der Waals surface area (Å²) in [4.78, 5) is 15.6. The molecule has 1 amide bonds. The number of ether oxygens (including phenoxy) is 1. The molecule has 29 heavy (non-hydrogen) atoms. The van der Waals surface area contributed by atoms with Crippen molar-refractivity contribution in [1.29, 1.82) is 0 Å². The predicted molar refractivity (Wildman–Crippen MR) is 116 cm³/mol. The van der Waals surface area contributed by atoms with Gasteiger partial charge in [0.25, 0.3) is 5.91 Å². The number of amides is 1. The molecule has 0 aliphatic carbocycles. The summed E-state index contributed by atoms with van der Waals surface area (Å²) in [6.07, 6.45) is 4.46. The molecule has 1 saturated heterocycles. The van der Waals surface area contributed by atoms with Crippen LogP contribution in [0.3, 0.4) is 0 Å². The lowest BCUT2D eigenvalue weighted by Gasteiger charge is -2.32. The molecule has 3 rings (SSSR count). The first kappa shape index (κ1) is 21.1. The minimum absolute atomic E-state index is 0.0360. The zero-order valence-electron chi connectivity index (χ0n) is 17.5. The topological polar surface area (TPSA) is 47.2 Å². The Hall–Kier alpha value is -2.63. The first-order valence-corrected chi connectivity index (χ1v) is 10.5. The maximum Gasteiger partial charge on any atom is 0.278 e. The third-order valence-electron chi connectivity index (χ3n) is 5.77. The van der Waals surface area contributed by atoms with E-state index in [0.717, 1.165) is 44.0 Å². The number of carbonyl (C=O) groups excluding carboxylic acids is 1. The molecular formula is C24H33N3O2+2. The molecule has 1 fully saturated rings. The van der Waals surface area contributed by atoms with Crippen LogP contribution in [0.25, 0.3) is 6.08 Å². The smallest absolute Gasteiger partial charge is 0.278 e. The van der Waals surface area contributed by atoms with E-state index in [2.05, 4.69) is 41.7 Å². The van der Waals surface area contributed by atoms with Crippen LogP contribution in [0.4, 0.5) is 0 Å². The largest absolute Gasteiger partial charge is 0.496 e. The van der Waals surface area contributed by atoms with Gasteiger partial charge in [0.2, 0.25) is 0 Å². The van der Waals surface area contributed by atoms with Gasteiger partial charge in [-0.25, -0.2) is 0 Å². The van der Waals surface area contributed by atoms with E-state index in [0.29, 0.717) is 6.54 Å². The minimum atomic E-state index is -0.0360. The van der Waals surface area contributed by atoms with Gasteiger partial charge in [0.15, 0.2) is 6.04 Å². The number of hydrogen-bond acceptors (Lipinski definition) is 2. The van der Waals surface area contributed by atoms with Crippen LogP contribution in [-0.2, 0) is 11.3 Å². The molecule has 2 aromatic carbocycles. The van der Waals surface area contributed by atoms with Crippen molar-refractivity contribution in [2.75, 3.05) is 39.8 Å². The van der Waals surface area contributed by atoms with Crippen LogP contribution < -0.4 is 19.9 Å². The van der Waals surface area contributed by atoms with Gasteiger partial charge in [0.1, 0.15) is 31.9 Å². The normalized spacial score (nSPS) is 20.3. The van der Waals surface area contributed by atoms with Crippen LogP contribution in [0.2, 0.25) is 0 Å². The lowest BCUT2D eigenvalue weighted by Crippen LogP contribution is -3.30. The summed E-state index contributed by atoms with van der Waals surface area (Å²) >= 11 is 0. The van der Waals surface area contributed by atoms with Crippen molar-refractivity contribution in [2.45, 2.75) is 19.5 Å². The lowest BCUT2D eigenvalue weighted by atomic mass is 10.1. The molecule has 3 N–H and O–H groups in total. The number of nitrogens with one attached hydrogen (secondary N) is 3. The van der Waals surface area contributed by atoms with Gasteiger partial charge in [0.05, 0.1) is 13.7 Å². The zero-order chi connectivity index (χ0) is 20.5. The van der Waals surface area contributed by atoms with E-state index in [9.17, 15) is 4.79 Å². The van der Waals surface area contributed by atoms with Crippen molar-refractivity contribution in [1.82, 2.24) is 5.32 Å². The van der Waals surface area contributed by atoms with Crippen LogP contribution in [-0.4, -0.2) is 51.8 Å². The number of piperazine rings is 1. The number of rotatable bonds is 8. The second-order valence-corrected chi connectivity index (χ2v) is 7.68. The van der Waals surface area contributed by atoms with E-state index >= 15 is 0 Å². The van der Waals surface area contributed by atoms with Crippen LogP contribution in [0.5, 0.6) is 5.75 Å². The van der Waals surface area contributed by atoms with E-state index in [1.807, 2.05) is 37.3 Å². The minimum Gasteiger partial charge on any atom is -0.496 e. The number of carbonyl (C=O) groups is 1. The van der Waals surface area contributed by atoms with Crippen molar-refractivity contribution in [3.8, 4) is 5.75 Å². The molecule has 154 valence electrons. The summed E-state index contributed by atoms with van der Waals surface area (Å²) in [6, 6.07) is 18.2. The standard InChI is InChI=1S/C24H31N3O2/c1-20(24(28)25-19-22-12-6-7-13-23(22)29-2)27-17-15-26(16-18-27)14-8-11-21-9-4-3-5-10-21/h3-13,20H,14-19H2,1-2H3,(H,25,28)/p+2/b11-8+/t20-/m1/s1. The molecule has 5 nitrogen and oxygen atoms in total. The Morgan fingerprint density at radius 1 is 1.07 bits per heavy atom. The Balaban J connectivity index is 1.41. The highest BCUT2D eigenvalue weighted by Gasteiger charge is 2.30. The molecule has 2 aromatic rings. The monoisotopic (exact) mass is 395 g/mol. The van der Waals surface area contributed by atoms with Gasteiger partial charge in [-0.15, -0.1) is 0 Å². The molecule has 5 heteroatoms. The molecule has 0 bridgehead atoms. The summed E-state index contributed by atoms with van der Waals surface area (Å²) in [5.74, 6) is 0.923. The highest BCUT2D eigenvalue weighted by molar-refractivity contribution is 5.80. The fourth-order valence-electron chi connectivity index (χ4n) is 3.86. The summed E-state index contributed by atoms with van der Waals surface area (Å²) < 4.78 is 5.36. The third-order valence-corrected chi connectivity index (χ3v) is 5.77. The first-order valence-electron chi connectivity index (χ1n) is 10.5. The van der Waals surface area contributed by atoms with Crippen LogP contribution in [0, 0.1) is 0 Å². The van der Waals surface area contributed by atoms with E-state index in [4.69, 9.17) is 4.74 Å². The fourth-order valence-corrected chi connectivity index (χ4v) is 3.86. The number of benzene rings is 2. The molecular weight excluding hydrogens is 362 g/mol. The van der Waals surface area contributed by atoms with E-state index in [-0.39, 0.29) is 11.9 Å². The van der Waals surface area contributed by atoms with Crippen molar-refractivity contribution in [3.63, 3.8) is 0 Å². The zero-order valence-corrected chi connectivity index (χ0v) is 17.5. The SMILES string of the molecule is COc1ccccc1CNC(=O)[C@@H](C)[NH+]1CC[NH+](C/C=C/c2ccccc2)CC1. The van der Waals surface area contributed by atoms with Crippen molar-refractivity contribution >= 4 is 12.0 Å². The summed E-state index contributed by atoms with van der Waals surface area (Å²) in [5, 5.41) is 3.08. The van der Waals surface area contributed by atoms with Gasteiger partial charge in [-0.3, -0.25) is 4.79 Å². The Morgan fingerprint density at radius 2 is 1.76 bits per heavy atom. The molecule has 1 heterocycles. The van der Waals surface area contributed by atoms with Crippen molar-refractivity contribution in [2.24, 2.45) is 0 Å². The Bertz CT molecular complexity index is 799. The average molecular weight is 396 g/mol. The molecule has 1 atom stereocenters. The van der Waals surface area contributed by atoms with Gasteiger partial charge in [-0.2, -0.15) is 0 Å². The van der Waals surface area contributed by atoms with Crippen molar-refractivity contribution in [3.05, 3.63) is 71.8 Å². The first-order chi connectivity index (χ1) is 14.2. The van der Waals surface area contributed by atoms with Gasteiger partial charge < -0.3 is 19.9 Å². The summed E-state index contributed by atoms with van der Waals surface area (Å²) in [5.41, 5.74) is 2.25. The van der Waals surface area contributed by atoms with Crippen molar-refractivity contribution < 1.29 is 19.3 Å². The summed E-state index contributed by atoms with van der Waals surface area (Å²) in [6.45, 7) is 7.82. The van der Waals surface area contributed by atoms with E-state index < -0.39 is 0 Å². The van der Waals surface area contributed by atoms with Gasteiger partial charge >= 0.3 is 0 Å². The van der Waals surface area contributed by atoms with E-state index in [1.54, 1.807) is 12.0 Å². The predicted octanol–water partition coefficient (Wildman–Crippen LogP) is 0.197. The van der Waals surface area contributed by atoms with Gasteiger partial charge in [-0.05, 0) is 24.6 Å². The average Bonchev–Trinajstić information content (AvgIpc) is 2.78. The third kappa shape index (κ3) is 6.17. The quantitative estimate of drug-likeness (QED) is 0.598. The van der Waals surface area contributed by atoms with Crippen LogP contribution in [0.1, 0.15) is 18.1 Å². The lowest BCUT2D eigenvalue weighted by molar-refractivity contribution is -1.02. The van der Waals surface area contributed by atoms with Crippen LogP contribution >= 0.6 is 0 Å².